The number of rotatable bonds is 7. The summed E-state index contributed by atoms with van der Waals surface area (Å²) >= 11 is 0. The molecule has 130 valence electrons. The quantitative estimate of drug-likeness (QED) is 0.757. The molecule has 5 heteroatoms. The molecule has 0 saturated carbocycles. The molecule has 0 saturated heterocycles. The minimum absolute atomic E-state index is 0.340. The Balaban J connectivity index is 1.92. The van der Waals surface area contributed by atoms with Gasteiger partial charge in [0, 0.05) is 19.7 Å². The van der Waals surface area contributed by atoms with Gasteiger partial charge in [0.05, 0.1) is 6.61 Å². The number of benzene rings is 2. The lowest BCUT2D eigenvalue weighted by Gasteiger charge is -2.23. The number of amides is 2. The number of nitrogens with zero attached hydrogens (tertiary/aromatic N) is 1. The third-order valence-corrected chi connectivity index (χ3v) is 3.66. The van der Waals surface area contributed by atoms with Crippen molar-refractivity contribution in [1.82, 2.24) is 10.2 Å². The molecule has 0 spiro atoms. The number of nitrogens with one attached hydrogen (secondary N) is 1. The highest BCUT2D eigenvalue weighted by molar-refractivity contribution is 5.95. The molecule has 0 heterocycles. The Hall–Kier alpha value is -2.92. The zero-order valence-electron chi connectivity index (χ0n) is 14.1. The maximum Gasteiger partial charge on any atom is 0.247 e. The summed E-state index contributed by atoms with van der Waals surface area (Å²) in [5, 5.41) is 12.0. The van der Waals surface area contributed by atoms with Crippen LogP contribution in [-0.2, 0) is 16.1 Å². The van der Waals surface area contributed by atoms with Crippen molar-refractivity contribution in [3.63, 3.8) is 0 Å². The van der Waals surface area contributed by atoms with Crippen LogP contribution in [0.2, 0.25) is 0 Å². The Morgan fingerprint density at radius 1 is 1.08 bits per heavy atom. The number of likely N-dealkylation sites (N-methyl/N-ethyl adjacent to an activating group) is 1. The van der Waals surface area contributed by atoms with Crippen LogP contribution in [0.5, 0.6) is 0 Å². The zero-order valence-corrected chi connectivity index (χ0v) is 14.1. The summed E-state index contributed by atoms with van der Waals surface area (Å²) in [4.78, 5) is 25.9. The normalized spacial score (nSPS) is 11.9. The molecule has 0 radical (unpaired) electrons. The summed E-state index contributed by atoms with van der Waals surface area (Å²) in [6, 6.07) is 17.9. The van der Waals surface area contributed by atoms with Gasteiger partial charge >= 0.3 is 0 Å². The molecule has 0 aliphatic rings. The lowest BCUT2D eigenvalue weighted by atomic mass is 10.2. The highest BCUT2D eigenvalue weighted by Crippen LogP contribution is 2.05. The van der Waals surface area contributed by atoms with Gasteiger partial charge in [-0.25, -0.2) is 0 Å². The predicted molar refractivity (Wildman–Crippen MR) is 97.4 cm³/mol. The molecule has 1 atom stereocenters. The molecule has 0 bridgehead atoms. The molecule has 0 aliphatic heterocycles. The van der Waals surface area contributed by atoms with E-state index >= 15 is 0 Å². The Morgan fingerprint density at radius 3 is 2.28 bits per heavy atom. The molecule has 2 aromatic rings. The first-order chi connectivity index (χ1) is 12.1. The molecule has 2 aromatic carbocycles. The summed E-state index contributed by atoms with van der Waals surface area (Å²) in [7, 11) is 1.64. The van der Waals surface area contributed by atoms with Gasteiger partial charge < -0.3 is 15.3 Å². The second-order valence-corrected chi connectivity index (χ2v) is 5.67. The summed E-state index contributed by atoms with van der Waals surface area (Å²) < 4.78 is 0. The fraction of sp³-hybridized carbons (Fsp3) is 0.200. The molecule has 5 nitrogen and oxygen atoms in total. The molecule has 0 unspecified atom stereocenters. The van der Waals surface area contributed by atoms with Crippen LogP contribution >= 0.6 is 0 Å². The first kappa shape index (κ1) is 18.4. The maximum atomic E-state index is 12.4. The van der Waals surface area contributed by atoms with Gasteiger partial charge in [0.1, 0.15) is 6.04 Å². The average molecular weight is 338 g/mol. The van der Waals surface area contributed by atoms with Gasteiger partial charge in [-0.2, -0.15) is 0 Å². The zero-order chi connectivity index (χ0) is 18.1. The van der Waals surface area contributed by atoms with Crippen LogP contribution in [0.3, 0.4) is 0 Å². The molecule has 2 N–H and O–H groups in total. The van der Waals surface area contributed by atoms with Gasteiger partial charge in [0.15, 0.2) is 0 Å². The minimum atomic E-state index is -0.971. The van der Waals surface area contributed by atoms with Crippen LogP contribution in [-0.4, -0.2) is 41.5 Å². The number of hydrogen-bond donors (Lipinski definition) is 2. The Labute approximate surface area is 147 Å². The Kier molecular flexibility index (Phi) is 6.92. The fourth-order valence-corrected chi connectivity index (χ4v) is 2.34. The van der Waals surface area contributed by atoms with E-state index in [1.54, 1.807) is 13.1 Å². The van der Waals surface area contributed by atoms with Crippen molar-refractivity contribution in [2.75, 3.05) is 13.7 Å². The SMILES string of the molecule is CN(Cc1ccccc1)C(=O)[C@H](CO)NC(=O)C=Cc1ccccc1. The molecule has 2 amide bonds. The fourth-order valence-electron chi connectivity index (χ4n) is 2.34. The molecular formula is C20H22N2O3. The maximum absolute atomic E-state index is 12.4. The summed E-state index contributed by atoms with van der Waals surface area (Å²) in [5.74, 6) is -0.767. The number of aliphatic hydroxyl groups is 1. The molecule has 0 fully saturated rings. The predicted octanol–water partition coefficient (Wildman–Crippen LogP) is 1.84. The van der Waals surface area contributed by atoms with Gasteiger partial charge in [-0.15, -0.1) is 0 Å². The molecule has 25 heavy (non-hydrogen) atoms. The summed E-state index contributed by atoms with van der Waals surface area (Å²) in [6.45, 7) is -0.0468. The average Bonchev–Trinajstić information content (AvgIpc) is 2.65. The highest BCUT2D eigenvalue weighted by Gasteiger charge is 2.22. The van der Waals surface area contributed by atoms with Gasteiger partial charge in [0.25, 0.3) is 0 Å². The standard InChI is InChI=1S/C20H22N2O3/c1-22(14-17-10-6-3-7-11-17)20(25)18(15-23)21-19(24)13-12-16-8-4-2-5-9-16/h2-13,18,23H,14-15H2,1H3,(H,21,24)/t18-/m0/s1. The summed E-state index contributed by atoms with van der Waals surface area (Å²) in [5.41, 5.74) is 1.86. The van der Waals surface area contributed by atoms with E-state index in [0.717, 1.165) is 11.1 Å². The monoisotopic (exact) mass is 338 g/mol. The van der Waals surface area contributed by atoms with Crippen LogP contribution in [0.1, 0.15) is 11.1 Å². The number of aliphatic hydroxyl groups excluding tert-OH is 1. The molecule has 0 aliphatic carbocycles. The van der Waals surface area contributed by atoms with Crippen molar-refractivity contribution < 1.29 is 14.7 Å². The second-order valence-electron chi connectivity index (χ2n) is 5.67. The topological polar surface area (TPSA) is 69.6 Å². The van der Waals surface area contributed by atoms with Gasteiger partial charge in [0.2, 0.25) is 11.8 Å². The van der Waals surface area contributed by atoms with E-state index in [-0.39, 0.29) is 5.91 Å². The third kappa shape index (κ3) is 5.90. The van der Waals surface area contributed by atoms with Gasteiger partial charge in [-0.3, -0.25) is 9.59 Å². The van der Waals surface area contributed by atoms with Crippen LogP contribution in [0.15, 0.2) is 66.7 Å². The largest absolute Gasteiger partial charge is 0.394 e. The van der Waals surface area contributed by atoms with E-state index < -0.39 is 18.6 Å². The minimum Gasteiger partial charge on any atom is -0.394 e. The summed E-state index contributed by atoms with van der Waals surface area (Å²) in [6.07, 6.45) is 3.00. The van der Waals surface area contributed by atoms with E-state index in [4.69, 9.17) is 0 Å². The Bertz CT molecular complexity index is 714. The van der Waals surface area contributed by atoms with Crippen LogP contribution < -0.4 is 5.32 Å². The van der Waals surface area contributed by atoms with Crippen molar-refractivity contribution in [2.24, 2.45) is 0 Å². The first-order valence-corrected chi connectivity index (χ1v) is 8.03. The smallest absolute Gasteiger partial charge is 0.247 e. The number of hydrogen-bond acceptors (Lipinski definition) is 3. The van der Waals surface area contributed by atoms with E-state index in [1.807, 2.05) is 60.7 Å². The van der Waals surface area contributed by atoms with E-state index in [2.05, 4.69) is 5.32 Å². The lowest BCUT2D eigenvalue weighted by Crippen LogP contribution is -2.48. The van der Waals surface area contributed by atoms with Crippen molar-refractivity contribution in [3.8, 4) is 0 Å². The number of carbonyl (C=O) groups is 2. The van der Waals surface area contributed by atoms with E-state index in [9.17, 15) is 14.7 Å². The van der Waals surface area contributed by atoms with Crippen LogP contribution in [0.25, 0.3) is 6.08 Å². The highest BCUT2D eigenvalue weighted by atomic mass is 16.3. The third-order valence-electron chi connectivity index (χ3n) is 3.66. The second kappa shape index (κ2) is 9.39. The molecular weight excluding hydrogens is 316 g/mol. The van der Waals surface area contributed by atoms with Crippen molar-refractivity contribution in [3.05, 3.63) is 77.9 Å². The van der Waals surface area contributed by atoms with E-state index in [0.29, 0.717) is 6.54 Å². The Morgan fingerprint density at radius 2 is 1.68 bits per heavy atom. The number of carbonyl (C=O) groups excluding carboxylic acids is 2. The lowest BCUT2D eigenvalue weighted by molar-refractivity contribution is -0.136. The van der Waals surface area contributed by atoms with Crippen molar-refractivity contribution >= 4 is 17.9 Å². The van der Waals surface area contributed by atoms with Gasteiger partial charge in [-0.1, -0.05) is 60.7 Å². The van der Waals surface area contributed by atoms with Crippen molar-refractivity contribution in [2.45, 2.75) is 12.6 Å². The molecule has 0 aromatic heterocycles. The van der Waals surface area contributed by atoms with Gasteiger partial charge in [-0.05, 0) is 17.2 Å². The molecule has 2 rings (SSSR count). The van der Waals surface area contributed by atoms with Crippen LogP contribution in [0.4, 0.5) is 0 Å². The van der Waals surface area contributed by atoms with E-state index in [1.165, 1.54) is 11.0 Å². The first-order valence-electron chi connectivity index (χ1n) is 8.03. The van der Waals surface area contributed by atoms with Crippen molar-refractivity contribution in [1.29, 1.82) is 0 Å². The van der Waals surface area contributed by atoms with Crippen LogP contribution in [0, 0.1) is 0 Å².